The number of para-hydroxylation sites is 1. The Morgan fingerprint density at radius 2 is 1.94 bits per heavy atom. The molecule has 4 aliphatic rings. The van der Waals surface area contributed by atoms with Gasteiger partial charge in [0.25, 0.3) is 0 Å². The van der Waals surface area contributed by atoms with E-state index in [1.165, 1.54) is 23.7 Å². The molecule has 0 bridgehead atoms. The molecule has 7 atom stereocenters. The number of carbonyl (C=O) groups is 2. The van der Waals surface area contributed by atoms with Crippen LogP contribution in [0, 0.1) is 28.6 Å². The smallest absolute Gasteiger partial charge is 0.175 e. The fourth-order valence-corrected chi connectivity index (χ4v) is 9.46. The zero-order valence-electron chi connectivity index (χ0n) is 20.9. The van der Waals surface area contributed by atoms with Crippen molar-refractivity contribution in [2.45, 2.75) is 75.5 Å². The van der Waals surface area contributed by atoms with Crippen LogP contribution in [0.2, 0.25) is 0 Å². The first kappa shape index (κ1) is 24.3. The summed E-state index contributed by atoms with van der Waals surface area (Å²) in [5, 5.41) is 25.2. The van der Waals surface area contributed by atoms with Gasteiger partial charge in [-0.15, -0.1) is 0 Å². The van der Waals surface area contributed by atoms with Crippen molar-refractivity contribution < 1.29 is 19.8 Å². The maximum atomic E-state index is 13.7. The minimum absolute atomic E-state index is 0.0721. The molecule has 0 saturated heterocycles. The van der Waals surface area contributed by atoms with Gasteiger partial charge < -0.3 is 10.2 Å². The van der Waals surface area contributed by atoms with E-state index in [0.29, 0.717) is 19.3 Å². The van der Waals surface area contributed by atoms with E-state index in [2.05, 4.69) is 16.9 Å². The molecule has 36 heavy (non-hydrogen) atoms. The summed E-state index contributed by atoms with van der Waals surface area (Å²) in [6, 6.07) is 7.73. The van der Waals surface area contributed by atoms with Crippen molar-refractivity contribution in [1.29, 1.82) is 0 Å². The molecule has 4 aliphatic carbocycles. The fourth-order valence-electron chi connectivity index (χ4n) is 8.50. The van der Waals surface area contributed by atoms with E-state index in [9.17, 15) is 19.8 Å². The van der Waals surface area contributed by atoms with Crippen LogP contribution in [0.25, 0.3) is 10.9 Å². The normalized spacial score (nSPS) is 39.8. The summed E-state index contributed by atoms with van der Waals surface area (Å²) in [7, 11) is 0. The number of fused-ring (bicyclic) bond motifs is 6. The molecule has 2 aromatic rings. The maximum Gasteiger partial charge on any atom is 0.175 e. The molecular formula is C29H34N2O4S. The first-order valence-electron chi connectivity index (χ1n) is 13.2. The number of Topliss-reactive ketones (excluding diaryl/α,β-unsaturated/α-hetero) is 1. The standard InChI is InChI=1S/C29H34N2O4S/c1-27-11-9-18(32)13-17(27)7-8-19-21-10-12-29(35,28(21,2)14-23(33)25(19)27)24(34)15-36-26-20-5-3-4-6-22(20)30-16-31-26/h3-6,13,16,19,21,23,25,33,35H,7-12,14-15H2,1-2H3/t19?,21?,23-,25?,27?,28?,29-/m0/s1. The summed E-state index contributed by atoms with van der Waals surface area (Å²) in [6.07, 6.45) is 7.49. The van der Waals surface area contributed by atoms with Crippen LogP contribution in [0.1, 0.15) is 58.8 Å². The number of hydrogen-bond acceptors (Lipinski definition) is 7. The molecule has 190 valence electrons. The number of rotatable bonds is 4. The molecule has 7 heteroatoms. The van der Waals surface area contributed by atoms with Crippen molar-refractivity contribution in [2.24, 2.45) is 28.6 Å². The number of carbonyl (C=O) groups excluding carboxylic acids is 2. The summed E-state index contributed by atoms with van der Waals surface area (Å²) in [6.45, 7) is 4.26. The van der Waals surface area contributed by atoms with E-state index in [1.807, 2.05) is 37.3 Å². The molecule has 5 unspecified atom stereocenters. The van der Waals surface area contributed by atoms with Crippen LogP contribution in [0.5, 0.6) is 0 Å². The van der Waals surface area contributed by atoms with Gasteiger partial charge in [0, 0.05) is 17.2 Å². The van der Waals surface area contributed by atoms with E-state index >= 15 is 0 Å². The summed E-state index contributed by atoms with van der Waals surface area (Å²) >= 11 is 1.36. The second kappa shape index (κ2) is 8.47. The van der Waals surface area contributed by atoms with Gasteiger partial charge in [-0.25, -0.2) is 9.97 Å². The lowest BCUT2D eigenvalue weighted by molar-refractivity contribution is -0.178. The molecule has 3 saturated carbocycles. The first-order chi connectivity index (χ1) is 17.2. The fraction of sp³-hybridized carbons (Fsp3) is 0.586. The maximum absolute atomic E-state index is 13.7. The third-order valence-corrected chi connectivity index (χ3v) is 11.4. The summed E-state index contributed by atoms with van der Waals surface area (Å²) in [4.78, 5) is 34.5. The Kier molecular flexibility index (Phi) is 5.71. The minimum atomic E-state index is -1.46. The van der Waals surface area contributed by atoms with Crippen molar-refractivity contribution in [3.05, 3.63) is 42.2 Å². The lowest BCUT2D eigenvalue weighted by Crippen LogP contribution is -2.61. The topological polar surface area (TPSA) is 100 Å². The van der Waals surface area contributed by atoms with E-state index in [0.717, 1.165) is 41.6 Å². The predicted octanol–water partition coefficient (Wildman–Crippen LogP) is 4.52. The van der Waals surface area contributed by atoms with Crippen LogP contribution in [0.3, 0.4) is 0 Å². The van der Waals surface area contributed by atoms with Crippen molar-refractivity contribution in [3.8, 4) is 0 Å². The van der Waals surface area contributed by atoms with Gasteiger partial charge in [0.1, 0.15) is 17.0 Å². The number of hydrogen-bond donors (Lipinski definition) is 2. The van der Waals surface area contributed by atoms with Crippen LogP contribution in [0.15, 0.2) is 47.3 Å². The molecule has 1 heterocycles. The molecule has 6 rings (SSSR count). The Hall–Kier alpha value is -2.09. The van der Waals surface area contributed by atoms with Crippen molar-refractivity contribution in [3.63, 3.8) is 0 Å². The number of aromatic nitrogens is 2. The Balaban J connectivity index is 1.26. The van der Waals surface area contributed by atoms with E-state index in [1.54, 1.807) is 0 Å². The second-order valence-electron chi connectivity index (χ2n) is 11.9. The highest BCUT2D eigenvalue weighted by Crippen LogP contribution is 2.67. The van der Waals surface area contributed by atoms with Gasteiger partial charge in [-0.2, -0.15) is 0 Å². The largest absolute Gasteiger partial charge is 0.393 e. The minimum Gasteiger partial charge on any atom is -0.393 e. The van der Waals surface area contributed by atoms with Crippen molar-refractivity contribution in [2.75, 3.05) is 5.75 Å². The van der Waals surface area contributed by atoms with Crippen LogP contribution in [0.4, 0.5) is 0 Å². The Bertz CT molecular complexity index is 1270. The number of nitrogens with zero attached hydrogens (tertiary/aromatic N) is 2. The number of aliphatic hydroxyl groups excluding tert-OH is 1. The van der Waals surface area contributed by atoms with Crippen LogP contribution >= 0.6 is 11.8 Å². The third-order valence-electron chi connectivity index (χ3n) is 10.4. The molecule has 3 fully saturated rings. The summed E-state index contributed by atoms with van der Waals surface area (Å²) in [5.41, 5.74) is -0.272. The van der Waals surface area contributed by atoms with Gasteiger partial charge in [0.15, 0.2) is 11.6 Å². The van der Waals surface area contributed by atoms with Gasteiger partial charge in [-0.1, -0.05) is 49.4 Å². The van der Waals surface area contributed by atoms with E-state index in [-0.39, 0.29) is 40.5 Å². The molecule has 0 aliphatic heterocycles. The molecule has 1 aromatic heterocycles. The number of allylic oxidation sites excluding steroid dienone is 1. The average Bonchev–Trinajstić information content (AvgIpc) is 3.13. The third kappa shape index (κ3) is 3.38. The molecular weight excluding hydrogens is 472 g/mol. The van der Waals surface area contributed by atoms with Crippen LogP contribution < -0.4 is 0 Å². The molecule has 1 aromatic carbocycles. The van der Waals surface area contributed by atoms with Gasteiger partial charge in [0.2, 0.25) is 0 Å². The predicted molar refractivity (Wildman–Crippen MR) is 138 cm³/mol. The highest BCUT2D eigenvalue weighted by Gasteiger charge is 2.68. The lowest BCUT2D eigenvalue weighted by atomic mass is 9.45. The number of benzene rings is 1. The number of ketones is 2. The molecule has 6 nitrogen and oxygen atoms in total. The molecule has 2 N–H and O–H groups in total. The Morgan fingerprint density at radius 1 is 1.14 bits per heavy atom. The van der Waals surface area contributed by atoms with Crippen molar-refractivity contribution in [1.82, 2.24) is 9.97 Å². The van der Waals surface area contributed by atoms with Gasteiger partial charge >= 0.3 is 0 Å². The second-order valence-corrected chi connectivity index (χ2v) is 12.8. The molecule has 0 spiro atoms. The Labute approximate surface area is 216 Å². The van der Waals surface area contributed by atoms with E-state index in [4.69, 9.17) is 0 Å². The number of thioether (sulfide) groups is 1. The molecule has 0 amide bonds. The Morgan fingerprint density at radius 3 is 2.78 bits per heavy atom. The SMILES string of the molecule is CC12CCC(=O)C=C1CCC1C2[C@@H](O)CC2(C)C1CC[C@]2(O)C(=O)CSc1ncnc2ccccc12. The van der Waals surface area contributed by atoms with Crippen LogP contribution in [-0.2, 0) is 9.59 Å². The molecule has 0 radical (unpaired) electrons. The zero-order valence-corrected chi connectivity index (χ0v) is 21.8. The lowest BCUT2D eigenvalue weighted by Gasteiger charge is -2.60. The van der Waals surface area contributed by atoms with Gasteiger partial charge in [-0.3, -0.25) is 9.59 Å². The number of aliphatic hydroxyl groups is 2. The van der Waals surface area contributed by atoms with Crippen LogP contribution in [-0.4, -0.2) is 49.2 Å². The first-order valence-corrected chi connectivity index (χ1v) is 14.2. The average molecular weight is 507 g/mol. The summed E-state index contributed by atoms with van der Waals surface area (Å²) < 4.78 is 0. The highest BCUT2D eigenvalue weighted by molar-refractivity contribution is 8.00. The van der Waals surface area contributed by atoms with E-state index < -0.39 is 17.1 Å². The quantitative estimate of drug-likeness (QED) is 0.464. The monoisotopic (exact) mass is 506 g/mol. The van der Waals surface area contributed by atoms with Gasteiger partial charge in [0.05, 0.1) is 17.4 Å². The van der Waals surface area contributed by atoms with Gasteiger partial charge in [-0.05, 0) is 73.8 Å². The van der Waals surface area contributed by atoms with Crippen molar-refractivity contribution >= 4 is 34.2 Å². The summed E-state index contributed by atoms with van der Waals surface area (Å²) in [5.74, 6) is 0.664. The highest BCUT2D eigenvalue weighted by atomic mass is 32.2. The zero-order chi connectivity index (χ0) is 25.3.